The van der Waals surface area contributed by atoms with Gasteiger partial charge in [-0.15, -0.1) is 21.5 Å². The number of rotatable bonds is 11. The number of nitrogens with two attached hydrogens (primary N) is 1. The molecule has 12 heteroatoms. The number of thiophene rings is 1. The van der Waals surface area contributed by atoms with Crippen molar-refractivity contribution in [2.24, 2.45) is 0 Å². The fraction of sp³-hybridized carbons (Fsp3) is 0.450. The van der Waals surface area contributed by atoms with Crippen LogP contribution in [0.15, 0.2) is 36.7 Å². The van der Waals surface area contributed by atoms with E-state index < -0.39 is 11.2 Å². The van der Waals surface area contributed by atoms with Gasteiger partial charge in [0.25, 0.3) is 16.7 Å². The number of nitrogen functional groups attached to an aromatic ring is 1. The molecule has 0 aliphatic heterocycles. The van der Waals surface area contributed by atoms with Gasteiger partial charge < -0.3 is 15.1 Å². The standard InChI is InChI=1S/C20H26N6O4S2/c1-3-5-9-25(15-16(21)26(10-6-4-2)19(29)22-17(15)28)14(27)12-32-20-24-23-18(30-20)13-8-7-11-31-13/h7-8,11H,3-6,9-10,12,21H2,1-2H3,(H,22,28,29). The molecule has 0 aliphatic rings. The minimum Gasteiger partial charge on any atom is -0.410 e. The third kappa shape index (κ3) is 5.49. The molecule has 3 rings (SSSR count). The van der Waals surface area contributed by atoms with Gasteiger partial charge >= 0.3 is 5.69 Å². The summed E-state index contributed by atoms with van der Waals surface area (Å²) in [6.07, 6.45) is 3.07. The molecule has 3 N–H and O–H groups in total. The molecule has 0 unspecified atom stereocenters. The number of nitrogens with one attached hydrogen (secondary N) is 1. The topological polar surface area (TPSA) is 140 Å². The number of hydrogen-bond acceptors (Lipinski definition) is 9. The molecule has 0 bridgehead atoms. The maximum Gasteiger partial charge on any atom is 0.330 e. The molecule has 0 saturated heterocycles. The van der Waals surface area contributed by atoms with E-state index in [0.29, 0.717) is 25.4 Å². The first-order valence-corrected chi connectivity index (χ1v) is 12.3. The Labute approximate surface area is 192 Å². The Hall–Kier alpha value is -2.86. The van der Waals surface area contributed by atoms with Crippen LogP contribution in [0.2, 0.25) is 0 Å². The van der Waals surface area contributed by atoms with Crippen molar-refractivity contribution < 1.29 is 9.21 Å². The highest BCUT2D eigenvalue weighted by molar-refractivity contribution is 7.99. The molecular formula is C20H26N6O4S2. The average Bonchev–Trinajstić information content (AvgIpc) is 3.46. The van der Waals surface area contributed by atoms with Crippen LogP contribution >= 0.6 is 23.1 Å². The molecule has 0 saturated carbocycles. The normalized spacial score (nSPS) is 11.1. The molecule has 1 amide bonds. The van der Waals surface area contributed by atoms with E-state index in [1.54, 1.807) is 0 Å². The number of carbonyl (C=O) groups is 1. The van der Waals surface area contributed by atoms with Crippen molar-refractivity contribution in [1.29, 1.82) is 0 Å². The smallest absolute Gasteiger partial charge is 0.330 e. The molecule has 0 aliphatic carbocycles. The zero-order chi connectivity index (χ0) is 23.1. The van der Waals surface area contributed by atoms with Gasteiger partial charge in [-0.3, -0.25) is 19.1 Å². The zero-order valence-corrected chi connectivity index (χ0v) is 19.6. The fourth-order valence-corrected chi connectivity index (χ4v) is 4.31. The van der Waals surface area contributed by atoms with Gasteiger partial charge in [0.2, 0.25) is 5.91 Å². The number of unbranched alkanes of at least 4 members (excludes halogenated alkanes) is 2. The van der Waals surface area contributed by atoms with E-state index in [9.17, 15) is 14.4 Å². The van der Waals surface area contributed by atoms with Crippen LogP contribution in [0.3, 0.4) is 0 Å². The second kappa shape index (κ2) is 11.1. The maximum atomic E-state index is 13.1. The minimum absolute atomic E-state index is 0.000532. The largest absolute Gasteiger partial charge is 0.410 e. The molecule has 3 aromatic heterocycles. The summed E-state index contributed by atoms with van der Waals surface area (Å²) in [5, 5.41) is 10.1. The molecule has 3 aromatic rings. The van der Waals surface area contributed by atoms with Gasteiger partial charge in [-0.05, 0) is 24.3 Å². The predicted molar refractivity (Wildman–Crippen MR) is 126 cm³/mol. The highest BCUT2D eigenvalue weighted by atomic mass is 32.2. The number of amides is 1. The van der Waals surface area contributed by atoms with E-state index in [-0.39, 0.29) is 28.4 Å². The Morgan fingerprint density at radius 2 is 2.06 bits per heavy atom. The van der Waals surface area contributed by atoms with Gasteiger partial charge in [0, 0.05) is 13.1 Å². The first-order valence-electron chi connectivity index (χ1n) is 10.4. The van der Waals surface area contributed by atoms with Crippen LogP contribution in [0.1, 0.15) is 39.5 Å². The van der Waals surface area contributed by atoms with Crippen molar-refractivity contribution in [3.63, 3.8) is 0 Å². The van der Waals surface area contributed by atoms with Crippen molar-refractivity contribution in [2.75, 3.05) is 22.9 Å². The van der Waals surface area contributed by atoms with Gasteiger partial charge in [-0.25, -0.2) is 4.79 Å². The van der Waals surface area contributed by atoms with Crippen LogP contribution in [0.25, 0.3) is 10.8 Å². The Morgan fingerprint density at radius 1 is 1.28 bits per heavy atom. The summed E-state index contributed by atoms with van der Waals surface area (Å²) in [5.41, 5.74) is 4.96. The van der Waals surface area contributed by atoms with Crippen LogP contribution in [0, 0.1) is 0 Å². The van der Waals surface area contributed by atoms with Crippen LogP contribution in [0.5, 0.6) is 0 Å². The number of carbonyl (C=O) groups excluding carboxylic acids is 1. The highest BCUT2D eigenvalue weighted by Gasteiger charge is 2.24. The van der Waals surface area contributed by atoms with Crippen LogP contribution < -0.4 is 21.9 Å². The van der Waals surface area contributed by atoms with Crippen LogP contribution in [-0.4, -0.2) is 38.0 Å². The number of thioether (sulfide) groups is 1. The lowest BCUT2D eigenvalue weighted by molar-refractivity contribution is -0.116. The van der Waals surface area contributed by atoms with Crippen molar-refractivity contribution in [2.45, 2.75) is 51.3 Å². The molecule has 32 heavy (non-hydrogen) atoms. The molecule has 0 radical (unpaired) electrons. The van der Waals surface area contributed by atoms with Gasteiger partial charge in [-0.2, -0.15) is 0 Å². The molecular weight excluding hydrogens is 452 g/mol. The summed E-state index contributed by atoms with van der Waals surface area (Å²) in [4.78, 5) is 42.4. The number of hydrogen-bond donors (Lipinski definition) is 2. The first-order chi connectivity index (χ1) is 15.5. The molecule has 0 aromatic carbocycles. The summed E-state index contributed by atoms with van der Waals surface area (Å²) in [6.45, 7) is 4.64. The summed E-state index contributed by atoms with van der Waals surface area (Å²) >= 11 is 2.56. The SMILES string of the molecule is CCCCN(C(=O)CSc1nnc(-c2cccs2)o1)c1c(N)n(CCCC)c(=O)[nH]c1=O. The molecule has 3 heterocycles. The molecule has 10 nitrogen and oxygen atoms in total. The first kappa shape index (κ1) is 23.8. The third-order valence-electron chi connectivity index (χ3n) is 4.71. The molecule has 0 atom stereocenters. The van der Waals surface area contributed by atoms with E-state index in [4.69, 9.17) is 10.2 Å². The van der Waals surface area contributed by atoms with E-state index in [1.807, 2.05) is 31.4 Å². The Kier molecular flexibility index (Phi) is 8.28. The predicted octanol–water partition coefficient (Wildman–Crippen LogP) is 2.96. The molecule has 0 fully saturated rings. The van der Waals surface area contributed by atoms with Crippen molar-refractivity contribution >= 4 is 40.5 Å². The number of anilines is 2. The zero-order valence-electron chi connectivity index (χ0n) is 18.0. The second-order valence-electron chi connectivity index (χ2n) is 7.04. The highest BCUT2D eigenvalue weighted by Crippen LogP contribution is 2.27. The van der Waals surface area contributed by atoms with Crippen molar-refractivity contribution in [3.8, 4) is 10.8 Å². The summed E-state index contributed by atoms with van der Waals surface area (Å²) in [7, 11) is 0. The lowest BCUT2D eigenvalue weighted by atomic mass is 10.2. The third-order valence-corrected chi connectivity index (χ3v) is 6.37. The summed E-state index contributed by atoms with van der Waals surface area (Å²) in [6, 6.07) is 3.75. The van der Waals surface area contributed by atoms with Crippen molar-refractivity contribution in [3.05, 3.63) is 38.4 Å². The summed E-state index contributed by atoms with van der Waals surface area (Å²) < 4.78 is 6.92. The Balaban J connectivity index is 1.82. The van der Waals surface area contributed by atoms with Gasteiger partial charge in [0.05, 0.1) is 10.6 Å². The van der Waals surface area contributed by atoms with Crippen LogP contribution in [-0.2, 0) is 11.3 Å². The maximum absolute atomic E-state index is 13.1. The Bertz CT molecular complexity index is 1150. The number of H-pyrrole nitrogens is 1. The average molecular weight is 479 g/mol. The number of aromatic nitrogens is 4. The fourth-order valence-electron chi connectivity index (χ4n) is 3.02. The van der Waals surface area contributed by atoms with Gasteiger partial charge in [0.15, 0.2) is 5.69 Å². The Morgan fingerprint density at radius 3 is 2.75 bits per heavy atom. The lowest BCUT2D eigenvalue weighted by Crippen LogP contribution is -2.42. The lowest BCUT2D eigenvalue weighted by Gasteiger charge is -2.24. The summed E-state index contributed by atoms with van der Waals surface area (Å²) in [5.74, 6) is 0.0288. The van der Waals surface area contributed by atoms with Gasteiger partial charge in [0.1, 0.15) is 5.82 Å². The molecule has 0 spiro atoms. The quantitative estimate of drug-likeness (QED) is 0.401. The second-order valence-corrected chi connectivity index (χ2v) is 8.91. The number of nitrogens with zero attached hydrogens (tertiary/aromatic N) is 4. The van der Waals surface area contributed by atoms with E-state index in [1.165, 1.54) is 20.8 Å². The van der Waals surface area contributed by atoms with E-state index in [0.717, 1.165) is 35.9 Å². The monoisotopic (exact) mass is 478 g/mol. The molecule has 172 valence electrons. The minimum atomic E-state index is -0.674. The van der Waals surface area contributed by atoms with Crippen LogP contribution in [0.4, 0.5) is 11.5 Å². The van der Waals surface area contributed by atoms with Crippen molar-refractivity contribution in [1.82, 2.24) is 19.7 Å². The van der Waals surface area contributed by atoms with Gasteiger partial charge in [-0.1, -0.05) is 44.5 Å². The number of aromatic amines is 1. The van der Waals surface area contributed by atoms with E-state index in [2.05, 4.69) is 15.2 Å². The van der Waals surface area contributed by atoms with E-state index >= 15 is 0 Å².